The van der Waals surface area contributed by atoms with E-state index in [0.29, 0.717) is 11.1 Å². The molecule has 0 aliphatic carbocycles. The minimum absolute atomic E-state index is 0.0651. The highest BCUT2D eigenvalue weighted by Crippen LogP contribution is 2.32. The Kier molecular flexibility index (Phi) is 4.51. The summed E-state index contributed by atoms with van der Waals surface area (Å²) in [5.74, 6) is 0.539. The van der Waals surface area contributed by atoms with Crippen LogP contribution in [0.4, 0.5) is 5.69 Å². The van der Waals surface area contributed by atoms with E-state index >= 15 is 0 Å². The van der Waals surface area contributed by atoms with Crippen molar-refractivity contribution in [2.75, 3.05) is 11.4 Å². The van der Waals surface area contributed by atoms with E-state index in [2.05, 4.69) is 16.3 Å². The monoisotopic (exact) mass is 365 g/mol. The van der Waals surface area contributed by atoms with Gasteiger partial charge in [-0.2, -0.15) is 0 Å². The molecule has 0 fully saturated rings. The van der Waals surface area contributed by atoms with Crippen LogP contribution in [0, 0.1) is 6.92 Å². The fraction of sp³-hybridized carbons (Fsp3) is 0.250. The third-order valence-electron chi connectivity index (χ3n) is 4.45. The van der Waals surface area contributed by atoms with E-state index in [9.17, 15) is 4.79 Å². The van der Waals surface area contributed by atoms with Crippen LogP contribution < -0.4 is 4.90 Å². The van der Waals surface area contributed by atoms with Gasteiger partial charge in [0, 0.05) is 17.8 Å². The molecule has 1 atom stereocenters. The van der Waals surface area contributed by atoms with Crippen molar-refractivity contribution in [3.8, 4) is 11.5 Å². The van der Waals surface area contributed by atoms with Crippen molar-refractivity contribution in [3.63, 3.8) is 0 Å². The van der Waals surface area contributed by atoms with Crippen LogP contribution in [0.5, 0.6) is 0 Å². The normalized spacial score (nSPS) is 14.3. The highest BCUT2D eigenvalue weighted by molar-refractivity contribution is 8.00. The second-order valence-electron chi connectivity index (χ2n) is 6.37. The number of benzene rings is 2. The fourth-order valence-electron chi connectivity index (χ4n) is 3.14. The minimum Gasteiger partial charge on any atom is -0.411 e. The minimum atomic E-state index is -0.299. The first-order valence-electron chi connectivity index (χ1n) is 8.58. The van der Waals surface area contributed by atoms with Crippen molar-refractivity contribution in [1.29, 1.82) is 0 Å². The molecule has 6 heteroatoms. The van der Waals surface area contributed by atoms with Crippen molar-refractivity contribution < 1.29 is 9.21 Å². The number of thioether (sulfide) groups is 1. The average Bonchev–Trinajstić information content (AvgIpc) is 3.28. The standard InChI is InChI=1S/C20H19N3O2S/c1-13-6-5-8-16(12-13)18-21-22-20(25-18)26-14(2)19(24)23-11-10-15-7-3-4-9-17(15)23/h3-9,12,14H,10-11H2,1-2H3/t14-/m1/s1. The predicted molar refractivity (Wildman–Crippen MR) is 102 cm³/mol. The van der Waals surface area contributed by atoms with Gasteiger partial charge in [-0.1, -0.05) is 47.7 Å². The first-order chi connectivity index (χ1) is 12.6. The summed E-state index contributed by atoms with van der Waals surface area (Å²) in [7, 11) is 0. The zero-order chi connectivity index (χ0) is 18.1. The molecule has 0 bridgehead atoms. The fourth-order valence-corrected chi connectivity index (χ4v) is 3.89. The lowest BCUT2D eigenvalue weighted by molar-refractivity contribution is -0.117. The molecule has 0 saturated heterocycles. The number of carbonyl (C=O) groups excluding carboxylic acids is 1. The number of anilines is 1. The lowest BCUT2D eigenvalue weighted by atomic mass is 10.1. The molecular formula is C20H19N3O2S. The van der Waals surface area contributed by atoms with Gasteiger partial charge in [-0.15, -0.1) is 10.2 Å². The van der Waals surface area contributed by atoms with Gasteiger partial charge in [0.2, 0.25) is 11.8 Å². The summed E-state index contributed by atoms with van der Waals surface area (Å²) in [4.78, 5) is 14.7. The van der Waals surface area contributed by atoms with E-state index in [4.69, 9.17) is 4.42 Å². The molecule has 2 aromatic carbocycles. The maximum absolute atomic E-state index is 12.8. The molecule has 1 aliphatic heterocycles. The molecule has 26 heavy (non-hydrogen) atoms. The number of rotatable bonds is 4. The third-order valence-corrected chi connectivity index (χ3v) is 5.37. The molecule has 1 aliphatic rings. The van der Waals surface area contributed by atoms with Crippen LogP contribution in [0.15, 0.2) is 58.2 Å². The van der Waals surface area contributed by atoms with Crippen LogP contribution in [0.2, 0.25) is 0 Å². The molecule has 1 aromatic heterocycles. The summed E-state index contributed by atoms with van der Waals surface area (Å²) in [5, 5.41) is 8.31. The number of hydrogen-bond donors (Lipinski definition) is 0. The Balaban J connectivity index is 1.47. The largest absolute Gasteiger partial charge is 0.411 e. The summed E-state index contributed by atoms with van der Waals surface area (Å²) < 4.78 is 5.75. The molecule has 1 amide bonds. The van der Waals surface area contributed by atoms with E-state index in [-0.39, 0.29) is 11.2 Å². The molecule has 0 saturated carbocycles. The Labute approximate surface area is 156 Å². The smallest absolute Gasteiger partial charge is 0.277 e. The number of amides is 1. The number of para-hydroxylation sites is 1. The van der Waals surface area contributed by atoms with Crippen LogP contribution in [0.25, 0.3) is 11.5 Å². The van der Waals surface area contributed by atoms with Crippen LogP contribution in [-0.2, 0) is 11.2 Å². The van der Waals surface area contributed by atoms with Crippen LogP contribution in [0.1, 0.15) is 18.1 Å². The van der Waals surface area contributed by atoms with Crippen LogP contribution >= 0.6 is 11.8 Å². The molecule has 0 unspecified atom stereocenters. The molecule has 2 heterocycles. The third kappa shape index (κ3) is 3.24. The van der Waals surface area contributed by atoms with Crippen molar-refractivity contribution in [3.05, 3.63) is 59.7 Å². The number of nitrogens with zero attached hydrogens (tertiary/aromatic N) is 3. The molecular weight excluding hydrogens is 346 g/mol. The maximum Gasteiger partial charge on any atom is 0.277 e. The van der Waals surface area contributed by atoms with Gasteiger partial charge in [-0.05, 0) is 44.0 Å². The molecule has 132 valence electrons. The van der Waals surface area contributed by atoms with Crippen molar-refractivity contribution in [1.82, 2.24) is 10.2 Å². The number of aryl methyl sites for hydroxylation is 1. The Morgan fingerprint density at radius 3 is 2.88 bits per heavy atom. The molecule has 3 aromatic rings. The Morgan fingerprint density at radius 2 is 2.04 bits per heavy atom. The van der Waals surface area contributed by atoms with Gasteiger partial charge in [0.05, 0.1) is 5.25 Å². The van der Waals surface area contributed by atoms with Gasteiger partial charge in [0.15, 0.2) is 0 Å². The Morgan fingerprint density at radius 1 is 1.19 bits per heavy atom. The zero-order valence-corrected chi connectivity index (χ0v) is 15.5. The predicted octanol–water partition coefficient (Wildman–Crippen LogP) is 4.11. The Hall–Kier alpha value is -2.60. The van der Waals surface area contributed by atoms with Gasteiger partial charge < -0.3 is 9.32 Å². The highest BCUT2D eigenvalue weighted by atomic mass is 32.2. The SMILES string of the molecule is Cc1cccc(-c2nnc(S[C@H](C)C(=O)N3CCc4ccccc43)o2)c1. The van der Waals surface area contributed by atoms with E-state index in [1.165, 1.54) is 17.3 Å². The maximum atomic E-state index is 12.8. The van der Waals surface area contributed by atoms with Gasteiger partial charge >= 0.3 is 0 Å². The molecule has 4 rings (SSSR count). The van der Waals surface area contributed by atoms with Crippen LogP contribution in [0.3, 0.4) is 0 Å². The summed E-state index contributed by atoms with van der Waals surface area (Å²) in [6, 6.07) is 16.0. The average molecular weight is 365 g/mol. The summed E-state index contributed by atoms with van der Waals surface area (Å²) in [6.45, 7) is 4.62. The quantitative estimate of drug-likeness (QED) is 0.651. The summed E-state index contributed by atoms with van der Waals surface area (Å²) in [5.41, 5.74) is 4.25. The number of fused-ring (bicyclic) bond motifs is 1. The molecule has 0 N–H and O–H groups in total. The Bertz CT molecular complexity index is 953. The first-order valence-corrected chi connectivity index (χ1v) is 9.46. The topological polar surface area (TPSA) is 59.2 Å². The molecule has 0 radical (unpaired) electrons. The number of carbonyl (C=O) groups is 1. The van der Waals surface area contributed by atoms with Gasteiger partial charge in [0.25, 0.3) is 5.22 Å². The summed E-state index contributed by atoms with van der Waals surface area (Å²) in [6.07, 6.45) is 0.900. The molecule has 5 nitrogen and oxygen atoms in total. The van der Waals surface area contributed by atoms with E-state index in [1.807, 2.05) is 61.2 Å². The second kappa shape index (κ2) is 6.96. The first kappa shape index (κ1) is 16.8. The molecule has 0 spiro atoms. The van der Waals surface area contributed by atoms with Crippen LogP contribution in [-0.4, -0.2) is 27.9 Å². The van der Waals surface area contributed by atoms with Crippen molar-refractivity contribution in [2.45, 2.75) is 30.7 Å². The van der Waals surface area contributed by atoms with E-state index < -0.39 is 0 Å². The second-order valence-corrected chi connectivity index (χ2v) is 7.66. The van der Waals surface area contributed by atoms with Gasteiger partial charge in [0.1, 0.15) is 0 Å². The number of aromatic nitrogens is 2. The zero-order valence-electron chi connectivity index (χ0n) is 14.7. The van der Waals surface area contributed by atoms with E-state index in [1.54, 1.807) is 0 Å². The lowest BCUT2D eigenvalue weighted by Crippen LogP contribution is -2.35. The van der Waals surface area contributed by atoms with Gasteiger partial charge in [-0.25, -0.2) is 0 Å². The van der Waals surface area contributed by atoms with Gasteiger partial charge in [-0.3, -0.25) is 4.79 Å². The van der Waals surface area contributed by atoms with Crippen molar-refractivity contribution in [2.24, 2.45) is 0 Å². The summed E-state index contributed by atoms with van der Waals surface area (Å²) >= 11 is 1.30. The van der Waals surface area contributed by atoms with Crippen molar-refractivity contribution >= 4 is 23.4 Å². The highest BCUT2D eigenvalue weighted by Gasteiger charge is 2.29. The lowest BCUT2D eigenvalue weighted by Gasteiger charge is -2.20. The number of hydrogen-bond acceptors (Lipinski definition) is 5. The van der Waals surface area contributed by atoms with E-state index in [0.717, 1.165) is 29.8 Å².